The first-order chi connectivity index (χ1) is 15.3. The van der Waals surface area contributed by atoms with Crippen LogP contribution in [0, 0.1) is 23.7 Å². The molecule has 4 atom stereocenters. The Bertz CT molecular complexity index is 1130. The number of ketones is 1. The molecule has 0 N–H and O–H groups in total. The van der Waals surface area contributed by atoms with Gasteiger partial charge in [0.15, 0.2) is 5.78 Å². The van der Waals surface area contributed by atoms with Gasteiger partial charge >= 0.3 is 0 Å². The lowest BCUT2D eigenvalue weighted by atomic mass is 9.85. The van der Waals surface area contributed by atoms with E-state index in [2.05, 4.69) is 0 Å². The highest BCUT2D eigenvalue weighted by molar-refractivity contribution is 6.31. The highest BCUT2D eigenvalue weighted by Gasteiger charge is 2.61. The number of hydrogen-bond donors (Lipinski definition) is 0. The Hall–Kier alpha value is -2.96. The maximum Gasteiger partial charge on any atom is 0.273 e. The van der Waals surface area contributed by atoms with Crippen molar-refractivity contribution < 1.29 is 19.2 Å². The van der Waals surface area contributed by atoms with Gasteiger partial charge in [-0.3, -0.25) is 19.2 Å². The lowest BCUT2D eigenvalue weighted by Crippen LogP contribution is -2.52. The standard InChI is InChI=1S/C24H18Cl2N2O4/c25-17-7-3-13(4-8-17)19(29)12-27(22(30)14-5-9-18(26)10-6-14)28-23(31)20-15-1-2-16(11-15)21(20)24(28)32/h1-10,15-16,20-21H,11-12H2/t15-,16-,20-,21+/m0/s1. The van der Waals surface area contributed by atoms with E-state index in [0.29, 0.717) is 15.6 Å². The van der Waals surface area contributed by atoms with Crippen LogP contribution in [0.5, 0.6) is 0 Å². The average molecular weight is 469 g/mol. The number of amides is 3. The fourth-order valence-electron chi connectivity index (χ4n) is 4.96. The molecule has 2 aromatic rings. The van der Waals surface area contributed by atoms with Crippen LogP contribution in [0.15, 0.2) is 60.7 Å². The van der Waals surface area contributed by atoms with Crippen LogP contribution in [0.3, 0.4) is 0 Å². The first kappa shape index (κ1) is 20.9. The van der Waals surface area contributed by atoms with E-state index in [9.17, 15) is 19.2 Å². The Morgan fingerprint density at radius 3 is 1.78 bits per heavy atom. The summed E-state index contributed by atoms with van der Waals surface area (Å²) in [4.78, 5) is 53.0. The normalized spacial score (nSPS) is 25.4. The number of carbonyl (C=O) groups excluding carboxylic acids is 4. The summed E-state index contributed by atoms with van der Waals surface area (Å²) in [6.45, 7) is -0.456. The van der Waals surface area contributed by atoms with Gasteiger partial charge in [-0.1, -0.05) is 35.4 Å². The van der Waals surface area contributed by atoms with Gasteiger partial charge in [0.05, 0.1) is 11.8 Å². The molecule has 5 rings (SSSR count). The minimum atomic E-state index is -0.619. The predicted octanol–water partition coefficient (Wildman–Crippen LogP) is 4.04. The Balaban J connectivity index is 1.49. The van der Waals surface area contributed by atoms with Crippen molar-refractivity contribution in [2.24, 2.45) is 23.7 Å². The van der Waals surface area contributed by atoms with E-state index < -0.39 is 41.9 Å². The van der Waals surface area contributed by atoms with Gasteiger partial charge in [-0.15, -0.1) is 0 Å². The van der Waals surface area contributed by atoms with Crippen molar-refractivity contribution in [3.05, 3.63) is 81.9 Å². The number of fused-ring (bicyclic) bond motifs is 5. The van der Waals surface area contributed by atoms with Crippen LogP contribution in [-0.4, -0.2) is 40.1 Å². The molecule has 0 aromatic heterocycles. The second-order valence-electron chi connectivity index (χ2n) is 8.29. The molecule has 2 fully saturated rings. The third kappa shape index (κ3) is 3.34. The van der Waals surface area contributed by atoms with Crippen LogP contribution in [0.2, 0.25) is 10.0 Å². The maximum absolute atomic E-state index is 13.4. The number of benzene rings is 2. The Morgan fingerprint density at radius 1 is 0.812 bits per heavy atom. The van der Waals surface area contributed by atoms with Gasteiger partial charge in [0, 0.05) is 21.2 Å². The third-order valence-electron chi connectivity index (χ3n) is 6.47. The average Bonchev–Trinajstić information content (AvgIpc) is 3.47. The van der Waals surface area contributed by atoms with Crippen molar-refractivity contribution in [3.8, 4) is 0 Å². The molecule has 32 heavy (non-hydrogen) atoms. The van der Waals surface area contributed by atoms with Gasteiger partial charge in [-0.05, 0) is 66.8 Å². The number of Topliss-reactive ketones (excluding diaryl/α,β-unsaturated/α-hetero) is 1. The molecule has 2 aliphatic carbocycles. The highest BCUT2D eigenvalue weighted by atomic mass is 35.5. The summed E-state index contributed by atoms with van der Waals surface area (Å²) in [6.07, 6.45) is 4.73. The number of allylic oxidation sites excluding steroid dienone is 2. The van der Waals surface area contributed by atoms with Crippen molar-refractivity contribution >= 4 is 46.7 Å². The summed E-state index contributed by atoms with van der Waals surface area (Å²) >= 11 is 11.8. The zero-order chi connectivity index (χ0) is 22.6. The Kier molecular flexibility index (Phi) is 5.14. The van der Waals surface area contributed by atoms with Gasteiger partial charge in [0.1, 0.15) is 6.54 Å². The minimum absolute atomic E-state index is 0.00843. The van der Waals surface area contributed by atoms with E-state index in [1.54, 1.807) is 36.4 Å². The topological polar surface area (TPSA) is 74.8 Å². The van der Waals surface area contributed by atoms with E-state index >= 15 is 0 Å². The molecule has 1 saturated heterocycles. The molecule has 162 valence electrons. The number of rotatable bonds is 5. The van der Waals surface area contributed by atoms with Crippen molar-refractivity contribution in [3.63, 3.8) is 0 Å². The molecular formula is C24H18Cl2N2O4. The van der Waals surface area contributed by atoms with Gasteiger partial charge in [-0.25, -0.2) is 5.01 Å². The second-order valence-corrected chi connectivity index (χ2v) is 9.16. The van der Waals surface area contributed by atoms with E-state index in [4.69, 9.17) is 23.2 Å². The first-order valence-corrected chi connectivity index (χ1v) is 11.0. The number of halogens is 2. The van der Waals surface area contributed by atoms with E-state index in [0.717, 1.165) is 16.4 Å². The molecule has 2 bridgehead atoms. The molecule has 3 amide bonds. The van der Waals surface area contributed by atoms with Crippen LogP contribution < -0.4 is 0 Å². The van der Waals surface area contributed by atoms with Crippen molar-refractivity contribution in [2.45, 2.75) is 6.42 Å². The summed E-state index contributed by atoms with van der Waals surface area (Å²) < 4.78 is 0. The zero-order valence-electron chi connectivity index (χ0n) is 16.8. The predicted molar refractivity (Wildman–Crippen MR) is 118 cm³/mol. The molecule has 3 aliphatic rings. The van der Waals surface area contributed by atoms with Crippen LogP contribution >= 0.6 is 23.2 Å². The van der Waals surface area contributed by atoms with Crippen LogP contribution in [0.4, 0.5) is 0 Å². The smallest absolute Gasteiger partial charge is 0.273 e. The molecule has 0 radical (unpaired) electrons. The monoisotopic (exact) mass is 468 g/mol. The van der Waals surface area contributed by atoms with Crippen molar-refractivity contribution in [2.75, 3.05) is 6.54 Å². The molecule has 2 aromatic carbocycles. The number of hydrazine groups is 1. The lowest BCUT2D eigenvalue weighted by molar-refractivity contribution is -0.154. The highest BCUT2D eigenvalue weighted by Crippen LogP contribution is 2.52. The second kappa shape index (κ2) is 7.87. The summed E-state index contributed by atoms with van der Waals surface area (Å²) in [6, 6.07) is 12.3. The van der Waals surface area contributed by atoms with E-state index in [-0.39, 0.29) is 17.4 Å². The van der Waals surface area contributed by atoms with Crippen molar-refractivity contribution in [1.82, 2.24) is 10.0 Å². The molecule has 1 heterocycles. The molecule has 8 heteroatoms. The molecule has 6 nitrogen and oxygen atoms in total. The fraction of sp³-hybridized carbons (Fsp3) is 0.250. The van der Waals surface area contributed by atoms with Crippen molar-refractivity contribution in [1.29, 1.82) is 0 Å². The molecule has 1 aliphatic heterocycles. The Morgan fingerprint density at radius 2 is 1.28 bits per heavy atom. The summed E-state index contributed by atoms with van der Waals surface area (Å²) in [5, 5.41) is 2.78. The fourth-order valence-corrected chi connectivity index (χ4v) is 5.21. The number of imide groups is 1. The maximum atomic E-state index is 13.4. The Labute approximate surface area is 194 Å². The van der Waals surface area contributed by atoms with Gasteiger partial charge in [0.25, 0.3) is 17.7 Å². The van der Waals surface area contributed by atoms with Crippen LogP contribution in [-0.2, 0) is 9.59 Å². The summed E-state index contributed by atoms with van der Waals surface area (Å²) in [5.74, 6) is -2.87. The summed E-state index contributed by atoms with van der Waals surface area (Å²) in [5.41, 5.74) is 0.543. The van der Waals surface area contributed by atoms with Crippen LogP contribution in [0.1, 0.15) is 27.1 Å². The van der Waals surface area contributed by atoms with Gasteiger partial charge in [-0.2, -0.15) is 5.01 Å². The SMILES string of the molecule is O=C(CN(C(=O)c1ccc(Cl)cc1)N1C(=O)[C@@H]2[C@H](C1=O)[C@H]1C=C[C@H]2C1)c1ccc(Cl)cc1. The lowest BCUT2D eigenvalue weighted by Gasteiger charge is -2.30. The number of nitrogens with zero attached hydrogens (tertiary/aromatic N) is 2. The van der Waals surface area contributed by atoms with Gasteiger partial charge < -0.3 is 0 Å². The van der Waals surface area contributed by atoms with E-state index in [1.807, 2.05) is 12.2 Å². The number of carbonyl (C=O) groups is 4. The zero-order valence-corrected chi connectivity index (χ0v) is 18.3. The molecule has 0 spiro atoms. The quantitative estimate of drug-likeness (QED) is 0.377. The van der Waals surface area contributed by atoms with E-state index in [1.165, 1.54) is 12.1 Å². The third-order valence-corrected chi connectivity index (χ3v) is 6.98. The largest absolute Gasteiger partial charge is 0.292 e. The minimum Gasteiger partial charge on any atom is -0.292 e. The molecule has 0 unspecified atom stereocenters. The molecule has 1 saturated carbocycles. The van der Waals surface area contributed by atoms with Crippen LogP contribution in [0.25, 0.3) is 0 Å². The van der Waals surface area contributed by atoms with Gasteiger partial charge in [0.2, 0.25) is 0 Å². The number of hydrogen-bond acceptors (Lipinski definition) is 4. The molecular weight excluding hydrogens is 451 g/mol. The first-order valence-electron chi connectivity index (χ1n) is 10.3. The summed E-state index contributed by atoms with van der Waals surface area (Å²) in [7, 11) is 0.